The fraction of sp³-hybridized carbons (Fsp3) is 0.533. The van der Waals surface area contributed by atoms with E-state index < -0.39 is 18.1 Å². The van der Waals surface area contributed by atoms with Gasteiger partial charge in [0.1, 0.15) is 5.75 Å². The molecule has 2 rings (SSSR count). The van der Waals surface area contributed by atoms with Crippen molar-refractivity contribution in [1.82, 2.24) is 10.6 Å². The van der Waals surface area contributed by atoms with Gasteiger partial charge in [0.15, 0.2) is 0 Å². The Kier molecular flexibility index (Phi) is 4.95. The summed E-state index contributed by atoms with van der Waals surface area (Å²) in [5, 5.41) is 5.20. The lowest BCUT2D eigenvalue weighted by molar-refractivity contribution is -0.174. The number of hydrogen-bond acceptors (Lipinski definition) is 3. The van der Waals surface area contributed by atoms with E-state index in [4.69, 9.17) is 4.74 Å². The van der Waals surface area contributed by atoms with Gasteiger partial charge in [-0.2, -0.15) is 13.2 Å². The molecule has 1 aliphatic heterocycles. The second-order valence-corrected chi connectivity index (χ2v) is 5.48. The van der Waals surface area contributed by atoms with Gasteiger partial charge >= 0.3 is 12.1 Å². The largest absolute Gasteiger partial charge is 0.497 e. The van der Waals surface area contributed by atoms with Crippen LogP contribution in [0.2, 0.25) is 0 Å². The van der Waals surface area contributed by atoms with E-state index in [9.17, 15) is 18.0 Å². The highest BCUT2D eigenvalue weighted by molar-refractivity contribution is 5.82. The minimum atomic E-state index is -4.85. The smallest absolute Gasteiger partial charge is 0.471 e. The number of rotatable bonds is 3. The Hall–Kier alpha value is -1.76. The molecule has 4 nitrogen and oxygen atoms in total. The summed E-state index contributed by atoms with van der Waals surface area (Å²) in [4.78, 5) is 11.1. The van der Waals surface area contributed by atoms with E-state index in [-0.39, 0.29) is 12.0 Å². The zero-order chi connectivity index (χ0) is 16.3. The van der Waals surface area contributed by atoms with Crippen LogP contribution in [0.25, 0.3) is 0 Å². The van der Waals surface area contributed by atoms with Crippen molar-refractivity contribution < 1.29 is 22.7 Å². The Labute approximate surface area is 127 Å². The summed E-state index contributed by atoms with van der Waals surface area (Å²) < 4.78 is 42.1. The predicted octanol–water partition coefficient (Wildman–Crippen LogP) is 2.21. The first-order valence-electron chi connectivity index (χ1n) is 7.06. The average Bonchev–Trinajstić information content (AvgIpc) is 2.48. The van der Waals surface area contributed by atoms with Crippen LogP contribution in [0.3, 0.4) is 0 Å². The molecule has 3 atom stereocenters. The molecule has 1 aromatic carbocycles. The van der Waals surface area contributed by atoms with E-state index >= 15 is 0 Å². The monoisotopic (exact) mass is 316 g/mol. The summed E-state index contributed by atoms with van der Waals surface area (Å²) in [5.41, 5.74) is 1.01. The topological polar surface area (TPSA) is 50.4 Å². The molecule has 1 heterocycles. The summed E-state index contributed by atoms with van der Waals surface area (Å²) in [5.74, 6) is -1.14. The van der Waals surface area contributed by atoms with Gasteiger partial charge in [-0.15, -0.1) is 0 Å². The minimum absolute atomic E-state index is 0.0261. The van der Waals surface area contributed by atoms with Gasteiger partial charge < -0.3 is 15.4 Å². The van der Waals surface area contributed by atoms with Crippen LogP contribution in [0.1, 0.15) is 24.8 Å². The van der Waals surface area contributed by atoms with Gasteiger partial charge in [0.25, 0.3) is 0 Å². The highest BCUT2D eigenvalue weighted by Gasteiger charge is 2.41. The van der Waals surface area contributed by atoms with Gasteiger partial charge in [-0.3, -0.25) is 4.79 Å². The number of hydrogen-bond donors (Lipinski definition) is 2. The fourth-order valence-corrected chi connectivity index (χ4v) is 2.72. The zero-order valence-corrected chi connectivity index (χ0v) is 12.4. The lowest BCUT2D eigenvalue weighted by Crippen LogP contribution is -2.54. The van der Waals surface area contributed by atoms with Gasteiger partial charge in [-0.1, -0.05) is 12.1 Å². The number of alkyl halides is 3. The van der Waals surface area contributed by atoms with Crippen molar-refractivity contribution in [1.29, 1.82) is 0 Å². The first-order chi connectivity index (χ1) is 10.3. The van der Waals surface area contributed by atoms with Gasteiger partial charge in [0.05, 0.1) is 7.11 Å². The molecule has 1 amide bonds. The van der Waals surface area contributed by atoms with Crippen molar-refractivity contribution in [2.24, 2.45) is 0 Å². The number of piperidine rings is 1. The van der Waals surface area contributed by atoms with Crippen molar-refractivity contribution in [2.45, 2.75) is 37.5 Å². The van der Waals surface area contributed by atoms with Crippen LogP contribution in [0.4, 0.5) is 13.2 Å². The minimum Gasteiger partial charge on any atom is -0.497 e. The lowest BCUT2D eigenvalue weighted by atomic mass is 9.83. The molecule has 22 heavy (non-hydrogen) atoms. The Morgan fingerprint density at radius 2 is 1.95 bits per heavy atom. The van der Waals surface area contributed by atoms with E-state index in [0.717, 1.165) is 11.3 Å². The van der Waals surface area contributed by atoms with E-state index in [2.05, 4.69) is 10.6 Å². The van der Waals surface area contributed by atoms with Crippen LogP contribution in [-0.2, 0) is 4.79 Å². The van der Waals surface area contributed by atoms with Crippen molar-refractivity contribution >= 4 is 5.91 Å². The number of nitrogens with one attached hydrogen (secondary N) is 2. The fourth-order valence-electron chi connectivity index (χ4n) is 2.72. The lowest BCUT2D eigenvalue weighted by Gasteiger charge is -2.36. The molecule has 0 bridgehead atoms. The maximum atomic E-state index is 12.3. The normalized spacial score (nSPS) is 25.6. The number of benzene rings is 1. The number of amides is 1. The van der Waals surface area contributed by atoms with Gasteiger partial charge in [-0.25, -0.2) is 0 Å². The number of methoxy groups -OCH3 is 1. The Morgan fingerprint density at radius 1 is 1.32 bits per heavy atom. The van der Waals surface area contributed by atoms with Gasteiger partial charge in [0.2, 0.25) is 0 Å². The molecule has 122 valence electrons. The van der Waals surface area contributed by atoms with Gasteiger partial charge in [0, 0.05) is 24.5 Å². The van der Waals surface area contributed by atoms with Crippen LogP contribution in [0.15, 0.2) is 24.3 Å². The molecule has 0 aromatic heterocycles. The van der Waals surface area contributed by atoms with E-state index in [1.54, 1.807) is 7.11 Å². The quantitative estimate of drug-likeness (QED) is 0.899. The first-order valence-corrected chi connectivity index (χ1v) is 7.06. The average molecular weight is 316 g/mol. The second-order valence-electron chi connectivity index (χ2n) is 5.48. The Balaban J connectivity index is 2.06. The third kappa shape index (κ3) is 3.91. The molecule has 0 aliphatic carbocycles. The number of carbonyl (C=O) groups is 1. The summed E-state index contributed by atoms with van der Waals surface area (Å²) in [6.45, 7) is 2.31. The second kappa shape index (κ2) is 6.56. The molecule has 0 saturated carbocycles. The summed E-state index contributed by atoms with van der Waals surface area (Å²) in [6, 6.07) is 7.01. The summed E-state index contributed by atoms with van der Waals surface area (Å²) in [6.07, 6.45) is -4.39. The Bertz CT molecular complexity index is 517. The maximum absolute atomic E-state index is 12.3. The van der Waals surface area contributed by atoms with Crippen molar-refractivity contribution in [3.05, 3.63) is 29.8 Å². The Morgan fingerprint density at radius 3 is 2.50 bits per heavy atom. The third-order valence-corrected chi connectivity index (χ3v) is 3.96. The standard InChI is InChI=1S/C15H19F3N2O2/c1-9-13(10-3-5-12(22-2)6-4-10)7-11(8-19-9)20-14(21)15(16,17)18/h3-6,9,11,13,19H,7-8H2,1-2H3,(H,20,21). The van der Waals surface area contributed by atoms with Crippen molar-refractivity contribution in [2.75, 3.05) is 13.7 Å². The molecule has 1 aromatic rings. The van der Waals surface area contributed by atoms with Gasteiger partial charge in [-0.05, 0) is 31.0 Å². The number of carbonyl (C=O) groups excluding carboxylic acids is 1. The molecular formula is C15H19F3N2O2. The van der Waals surface area contributed by atoms with Crippen LogP contribution in [0.5, 0.6) is 5.75 Å². The van der Waals surface area contributed by atoms with E-state index in [0.29, 0.717) is 13.0 Å². The molecule has 1 aliphatic rings. The summed E-state index contributed by atoms with van der Waals surface area (Å²) >= 11 is 0. The molecular weight excluding hydrogens is 297 g/mol. The van der Waals surface area contributed by atoms with E-state index in [1.807, 2.05) is 31.2 Å². The van der Waals surface area contributed by atoms with Crippen LogP contribution in [0, 0.1) is 0 Å². The van der Waals surface area contributed by atoms with Crippen LogP contribution < -0.4 is 15.4 Å². The molecule has 7 heteroatoms. The zero-order valence-electron chi connectivity index (χ0n) is 12.4. The first kappa shape index (κ1) is 16.6. The molecule has 0 radical (unpaired) electrons. The number of halogens is 3. The van der Waals surface area contributed by atoms with Crippen molar-refractivity contribution in [3.63, 3.8) is 0 Å². The molecule has 1 saturated heterocycles. The maximum Gasteiger partial charge on any atom is 0.471 e. The SMILES string of the molecule is COc1ccc(C2CC(NC(=O)C(F)(F)F)CNC2C)cc1. The van der Waals surface area contributed by atoms with Crippen molar-refractivity contribution in [3.8, 4) is 5.75 Å². The number of ether oxygens (including phenoxy) is 1. The van der Waals surface area contributed by atoms with Crippen LogP contribution in [-0.4, -0.2) is 37.8 Å². The molecule has 3 unspecified atom stereocenters. The molecule has 2 N–H and O–H groups in total. The highest BCUT2D eigenvalue weighted by Crippen LogP contribution is 2.29. The predicted molar refractivity (Wildman–Crippen MR) is 75.8 cm³/mol. The highest BCUT2D eigenvalue weighted by atomic mass is 19.4. The summed E-state index contributed by atoms with van der Waals surface area (Å²) in [7, 11) is 1.57. The van der Waals surface area contributed by atoms with Crippen LogP contribution >= 0.6 is 0 Å². The third-order valence-electron chi connectivity index (χ3n) is 3.96. The molecule has 1 fully saturated rings. The van der Waals surface area contributed by atoms with E-state index in [1.165, 1.54) is 0 Å². The molecule has 0 spiro atoms.